The number of hydrogen-bond acceptors (Lipinski definition) is 5. The van der Waals surface area contributed by atoms with Crippen LogP contribution in [0.2, 0.25) is 0 Å². The van der Waals surface area contributed by atoms with Gasteiger partial charge in [0, 0.05) is 18.3 Å². The third-order valence-corrected chi connectivity index (χ3v) is 5.30. The molecule has 1 aliphatic rings. The van der Waals surface area contributed by atoms with Crippen molar-refractivity contribution >= 4 is 17.6 Å². The van der Waals surface area contributed by atoms with E-state index >= 15 is 0 Å². The number of hydrogen-bond donors (Lipinski definition) is 1. The van der Waals surface area contributed by atoms with Crippen LogP contribution in [0.15, 0.2) is 73.1 Å². The first-order valence-electron chi connectivity index (χ1n) is 10.0. The normalized spacial score (nSPS) is 15.8. The molecule has 1 aromatic heterocycles. The number of H-pyrrole nitrogens is 1. The van der Waals surface area contributed by atoms with Crippen LogP contribution >= 0.6 is 0 Å². The van der Waals surface area contributed by atoms with E-state index in [0.717, 1.165) is 22.3 Å². The van der Waals surface area contributed by atoms with E-state index in [4.69, 9.17) is 9.47 Å². The number of aromatic amines is 1. The first-order valence-corrected chi connectivity index (χ1v) is 10.0. The Kier molecular flexibility index (Phi) is 6.12. The molecule has 0 unspecified atom stereocenters. The maximum atomic E-state index is 13.0. The molecule has 0 radical (unpaired) electrons. The molecule has 4 rings (SSSR count). The van der Waals surface area contributed by atoms with Gasteiger partial charge in [-0.25, -0.2) is 9.59 Å². The van der Waals surface area contributed by atoms with Crippen LogP contribution in [0.4, 0.5) is 4.79 Å². The summed E-state index contributed by atoms with van der Waals surface area (Å²) in [5.74, 6) is -0.399. The van der Waals surface area contributed by atoms with Crippen molar-refractivity contribution < 1.29 is 19.1 Å². The van der Waals surface area contributed by atoms with Crippen molar-refractivity contribution in [1.82, 2.24) is 15.1 Å². The Morgan fingerprint density at radius 1 is 1.13 bits per heavy atom. The van der Waals surface area contributed by atoms with E-state index in [2.05, 4.69) is 10.2 Å². The zero-order chi connectivity index (χ0) is 21.6. The molecule has 0 saturated heterocycles. The summed E-state index contributed by atoms with van der Waals surface area (Å²) >= 11 is 0. The highest BCUT2D eigenvalue weighted by Gasteiger charge is 2.29. The average molecular weight is 417 g/mol. The number of nitrogens with one attached hydrogen (secondary N) is 1. The number of esters is 1. The second-order valence-corrected chi connectivity index (χ2v) is 7.22. The lowest BCUT2D eigenvalue weighted by molar-refractivity contribution is 0.0600. The quantitative estimate of drug-likeness (QED) is 0.624. The summed E-state index contributed by atoms with van der Waals surface area (Å²) in [7, 11) is 1.35. The molecule has 0 saturated carbocycles. The maximum absolute atomic E-state index is 13.0. The number of nitrogens with zero attached hydrogens (tertiary/aromatic N) is 2. The van der Waals surface area contributed by atoms with E-state index < -0.39 is 5.97 Å². The van der Waals surface area contributed by atoms with Crippen molar-refractivity contribution in [2.45, 2.75) is 19.1 Å². The topological polar surface area (TPSA) is 84.5 Å². The highest BCUT2D eigenvalue weighted by atomic mass is 16.6. The molecule has 2 aromatic carbocycles. The molecule has 0 bridgehead atoms. The molecule has 31 heavy (non-hydrogen) atoms. The first-order chi connectivity index (χ1) is 15.2. The minimum atomic E-state index is -0.399. The van der Waals surface area contributed by atoms with Gasteiger partial charge in [0.15, 0.2) is 0 Å². The minimum Gasteiger partial charge on any atom is -0.465 e. The monoisotopic (exact) mass is 417 g/mol. The van der Waals surface area contributed by atoms with Gasteiger partial charge in [-0.15, -0.1) is 0 Å². The Bertz CT molecular complexity index is 1060. The molecule has 0 aliphatic carbocycles. The zero-order valence-corrected chi connectivity index (χ0v) is 17.2. The number of carbonyl (C=O) groups is 2. The highest BCUT2D eigenvalue weighted by molar-refractivity contribution is 5.89. The summed E-state index contributed by atoms with van der Waals surface area (Å²) in [5.41, 5.74) is 4.36. The van der Waals surface area contributed by atoms with Crippen LogP contribution < -0.4 is 0 Å². The van der Waals surface area contributed by atoms with Gasteiger partial charge in [-0.3, -0.25) is 10.00 Å². The van der Waals surface area contributed by atoms with Crippen LogP contribution in [0.3, 0.4) is 0 Å². The molecule has 1 N–H and O–H groups in total. The number of benzene rings is 2. The average Bonchev–Trinajstić information content (AvgIpc) is 3.37. The maximum Gasteiger partial charge on any atom is 0.410 e. The summed E-state index contributed by atoms with van der Waals surface area (Å²) in [6.45, 7) is 0.719. The zero-order valence-electron chi connectivity index (χ0n) is 17.2. The lowest BCUT2D eigenvalue weighted by atomic mass is 9.93. The van der Waals surface area contributed by atoms with Crippen LogP contribution in [0, 0.1) is 0 Å². The van der Waals surface area contributed by atoms with Crippen molar-refractivity contribution in [2.75, 3.05) is 13.7 Å². The van der Waals surface area contributed by atoms with Crippen molar-refractivity contribution in [1.29, 1.82) is 0 Å². The van der Waals surface area contributed by atoms with Crippen molar-refractivity contribution in [3.05, 3.63) is 95.3 Å². The molecule has 2 heterocycles. The number of ether oxygens (including phenoxy) is 2. The van der Waals surface area contributed by atoms with Crippen molar-refractivity contribution in [3.8, 4) is 0 Å². The van der Waals surface area contributed by atoms with E-state index in [9.17, 15) is 9.59 Å². The molecule has 7 heteroatoms. The van der Waals surface area contributed by atoms with Crippen LogP contribution in [-0.4, -0.2) is 40.8 Å². The van der Waals surface area contributed by atoms with E-state index in [1.54, 1.807) is 23.2 Å². The lowest BCUT2D eigenvalue weighted by Crippen LogP contribution is -2.37. The Hall–Kier alpha value is -3.87. The van der Waals surface area contributed by atoms with Gasteiger partial charge in [-0.1, -0.05) is 48.5 Å². The standard InChI is InChI=1S/C24H23N3O4/c1-30-23(28)19-9-7-18(8-10-19)22-13-20(21-14-25-26-15-21)11-12-27(22)24(29)31-16-17-5-3-2-4-6-17/h2-10,13-15,22H,11-12,16H2,1H3,(H,25,26)/t22-/m0/s1. The number of aromatic nitrogens is 2. The number of methoxy groups -OCH3 is 1. The second-order valence-electron chi connectivity index (χ2n) is 7.22. The van der Waals surface area contributed by atoms with Crippen LogP contribution in [0.25, 0.3) is 5.57 Å². The van der Waals surface area contributed by atoms with Gasteiger partial charge in [-0.2, -0.15) is 5.10 Å². The molecular weight excluding hydrogens is 394 g/mol. The van der Waals surface area contributed by atoms with Gasteiger partial charge >= 0.3 is 12.1 Å². The molecule has 7 nitrogen and oxygen atoms in total. The number of amides is 1. The summed E-state index contributed by atoms with van der Waals surface area (Å²) in [6, 6.07) is 16.3. The van der Waals surface area contributed by atoms with E-state index in [0.29, 0.717) is 18.5 Å². The third-order valence-electron chi connectivity index (χ3n) is 5.30. The van der Waals surface area contributed by atoms with Gasteiger partial charge in [0.05, 0.1) is 24.9 Å². The lowest BCUT2D eigenvalue weighted by Gasteiger charge is -2.34. The Labute approximate surface area is 180 Å². The van der Waals surface area contributed by atoms with E-state index in [-0.39, 0.29) is 18.7 Å². The predicted octanol–water partition coefficient (Wildman–Crippen LogP) is 4.36. The Balaban J connectivity index is 1.59. The minimum absolute atomic E-state index is 0.211. The van der Waals surface area contributed by atoms with Gasteiger partial charge in [0.1, 0.15) is 6.61 Å². The van der Waals surface area contributed by atoms with Crippen LogP contribution in [0.1, 0.15) is 39.5 Å². The fraction of sp³-hybridized carbons (Fsp3) is 0.208. The fourth-order valence-corrected chi connectivity index (χ4v) is 3.63. The highest BCUT2D eigenvalue weighted by Crippen LogP contribution is 2.34. The molecule has 158 valence electrons. The summed E-state index contributed by atoms with van der Waals surface area (Å²) in [4.78, 5) is 26.4. The largest absolute Gasteiger partial charge is 0.465 e. The van der Waals surface area contributed by atoms with Crippen molar-refractivity contribution in [3.63, 3.8) is 0 Å². The summed E-state index contributed by atoms with van der Waals surface area (Å²) in [6.07, 6.45) is 5.97. The van der Waals surface area contributed by atoms with E-state index in [1.165, 1.54) is 7.11 Å². The number of carbonyl (C=O) groups excluding carboxylic acids is 2. The van der Waals surface area contributed by atoms with Crippen LogP contribution in [-0.2, 0) is 16.1 Å². The predicted molar refractivity (Wildman–Crippen MR) is 115 cm³/mol. The van der Waals surface area contributed by atoms with Gasteiger partial charge in [0.2, 0.25) is 0 Å². The summed E-state index contributed by atoms with van der Waals surface area (Å²) < 4.78 is 10.4. The molecule has 0 fully saturated rings. The summed E-state index contributed by atoms with van der Waals surface area (Å²) in [5, 5.41) is 6.86. The molecule has 1 amide bonds. The molecule has 0 spiro atoms. The first kappa shape index (κ1) is 20.4. The molecule has 1 aliphatic heterocycles. The molecular formula is C24H23N3O4. The number of rotatable bonds is 5. The third kappa shape index (κ3) is 4.66. The Morgan fingerprint density at radius 3 is 2.58 bits per heavy atom. The van der Waals surface area contributed by atoms with E-state index in [1.807, 2.05) is 54.7 Å². The smallest absolute Gasteiger partial charge is 0.410 e. The van der Waals surface area contributed by atoms with Gasteiger partial charge in [0.25, 0.3) is 0 Å². The molecule has 3 aromatic rings. The van der Waals surface area contributed by atoms with Crippen LogP contribution in [0.5, 0.6) is 0 Å². The van der Waals surface area contributed by atoms with Crippen molar-refractivity contribution in [2.24, 2.45) is 0 Å². The van der Waals surface area contributed by atoms with Gasteiger partial charge in [-0.05, 0) is 35.3 Å². The second kappa shape index (κ2) is 9.30. The SMILES string of the molecule is COC(=O)c1ccc([C@@H]2C=C(c3cn[nH]c3)CCN2C(=O)OCc2ccccc2)cc1. The van der Waals surface area contributed by atoms with Gasteiger partial charge < -0.3 is 9.47 Å². The molecule has 1 atom stereocenters. The fourth-order valence-electron chi connectivity index (χ4n) is 3.63. The Morgan fingerprint density at radius 2 is 1.90 bits per heavy atom.